The van der Waals surface area contributed by atoms with Gasteiger partial charge < -0.3 is 20.3 Å². The van der Waals surface area contributed by atoms with Gasteiger partial charge in [0, 0.05) is 18.8 Å². The van der Waals surface area contributed by atoms with Crippen molar-refractivity contribution in [3.63, 3.8) is 0 Å². The first kappa shape index (κ1) is 20.5. The van der Waals surface area contributed by atoms with E-state index in [0.717, 1.165) is 30.4 Å². The summed E-state index contributed by atoms with van der Waals surface area (Å²) in [5, 5.41) is 7.21. The number of benzene rings is 2. The summed E-state index contributed by atoms with van der Waals surface area (Å²) in [5.41, 5.74) is 3.41. The van der Waals surface area contributed by atoms with E-state index in [0.29, 0.717) is 11.7 Å². The van der Waals surface area contributed by atoms with Crippen molar-refractivity contribution >= 4 is 28.7 Å². The molecule has 1 aliphatic heterocycles. The van der Waals surface area contributed by atoms with Crippen molar-refractivity contribution < 1.29 is 4.74 Å². The Morgan fingerprint density at radius 1 is 1.14 bits per heavy atom. The molecule has 4 nitrogen and oxygen atoms in total. The van der Waals surface area contributed by atoms with E-state index in [4.69, 9.17) is 17.0 Å². The van der Waals surface area contributed by atoms with Gasteiger partial charge in [-0.3, -0.25) is 0 Å². The smallest absolute Gasteiger partial charge is 0.171 e. The van der Waals surface area contributed by atoms with Crippen molar-refractivity contribution in [1.82, 2.24) is 5.32 Å². The SMILES string of the molecule is CCOc1ccccc1NC(=S)NC(C)c1ccc(N2CCC(C)CC2)cc1. The van der Waals surface area contributed by atoms with Gasteiger partial charge in [0.2, 0.25) is 0 Å². The minimum atomic E-state index is 0.120. The maximum Gasteiger partial charge on any atom is 0.171 e. The van der Waals surface area contributed by atoms with E-state index in [2.05, 4.69) is 53.6 Å². The molecule has 0 saturated carbocycles. The quantitative estimate of drug-likeness (QED) is 0.641. The Balaban J connectivity index is 1.57. The second-order valence-corrected chi connectivity index (χ2v) is 7.92. The highest BCUT2D eigenvalue weighted by Crippen LogP contribution is 2.26. The third-order valence-corrected chi connectivity index (χ3v) is 5.54. The zero-order valence-electron chi connectivity index (χ0n) is 17.1. The Labute approximate surface area is 174 Å². The topological polar surface area (TPSA) is 36.5 Å². The lowest BCUT2D eigenvalue weighted by Crippen LogP contribution is -2.33. The number of para-hydroxylation sites is 2. The molecule has 0 radical (unpaired) electrons. The molecule has 5 heteroatoms. The normalized spacial score (nSPS) is 15.8. The van der Waals surface area contributed by atoms with E-state index in [-0.39, 0.29) is 6.04 Å². The first-order chi connectivity index (χ1) is 13.6. The molecule has 0 aliphatic carbocycles. The van der Waals surface area contributed by atoms with Crippen LogP contribution in [0.5, 0.6) is 5.75 Å². The molecule has 0 aromatic heterocycles. The molecule has 1 unspecified atom stereocenters. The molecule has 150 valence electrons. The third kappa shape index (κ3) is 5.38. The summed E-state index contributed by atoms with van der Waals surface area (Å²) < 4.78 is 5.65. The third-order valence-electron chi connectivity index (χ3n) is 5.32. The molecule has 1 saturated heterocycles. The van der Waals surface area contributed by atoms with Gasteiger partial charge in [0.15, 0.2) is 5.11 Å². The molecule has 2 aromatic carbocycles. The van der Waals surface area contributed by atoms with Gasteiger partial charge in [-0.1, -0.05) is 31.2 Å². The highest BCUT2D eigenvalue weighted by Gasteiger charge is 2.16. The standard InChI is InChI=1S/C23H31N3OS/c1-4-27-22-8-6-5-7-21(22)25-23(28)24-18(3)19-9-11-20(12-10-19)26-15-13-17(2)14-16-26/h5-12,17-18H,4,13-16H2,1-3H3,(H2,24,25,28). The molecule has 28 heavy (non-hydrogen) atoms. The Morgan fingerprint density at radius 3 is 2.50 bits per heavy atom. The van der Waals surface area contributed by atoms with Crippen molar-refractivity contribution in [2.75, 3.05) is 29.9 Å². The maximum atomic E-state index is 5.65. The van der Waals surface area contributed by atoms with Crippen molar-refractivity contribution in [2.24, 2.45) is 5.92 Å². The fourth-order valence-corrected chi connectivity index (χ4v) is 3.82. The number of nitrogens with one attached hydrogen (secondary N) is 2. The first-order valence-electron chi connectivity index (χ1n) is 10.2. The largest absolute Gasteiger partial charge is 0.492 e. The van der Waals surface area contributed by atoms with Gasteiger partial charge in [0.25, 0.3) is 0 Å². The lowest BCUT2D eigenvalue weighted by Gasteiger charge is -2.32. The molecule has 2 N–H and O–H groups in total. The number of hydrogen-bond donors (Lipinski definition) is 2. The number of ether oxygens (including phenoxy) is 1. The zero-order valence-corrected chi connectivity index (χ0v) is 17.9. The fourth-order valence-electron chi connectivity index (χ4n) is 3.53. The van der Waals surface area contributed by atoms with Crippen LogP contribution in [0, 0.1) is 5.92 Å². The average molecular weight is 398 g/mol. The van der Waals surface area contributed by atoms with Crippen LogP contribution in [0.15, 0.2) is 48.5 Å². The van der Waals surface area contributed by atoms with Crippen molar-refractivity contribution in [2.45, 2.75) is 39.7 Å². The highest BCUT2D eigenvalue weighted by molar-refractivity contribution is 7.80. The van der Waals surface area contributed by atoms with Crippen molar-refractivity contribution in [1.29, 1.82) is 0 Å². The van der Waals surface area contributed by atoms with E-state index >= 15 is 0 Å². The predicted octanol–water partition coefficient (Wildman–Crippen LogP) is 5.37. The van der Waals surface area contributed by atoms with E-state index in [1.807, 2.05) is 31.2 Å². The molecule has 0 amide bonds. The fraction of sp³-hybridized carbons (Fsp3) is 0.435. The Bertz CT molecular complexity index is 770. The van der Waals surface area contributed by atoms with E-state index < -0.39 is 0 Å². The molecule has 1 aliphatic rings. The summed E-state index contributed by atoms with van der Waals surface area (Å²) in [5.74, 6) is 1.66. The predicted molar refractivity (Wildman–Crippen MR) is 122 cm³/mol. The van der Waals surface area contributed by atoms with Crippen LogP contribution in [0.4, 0.5) is 11.4 Å². The summed E-state index contributed by atoms with van der Waals surface area (Å²) in [6, 6.07) is 16.8. The monoisotopic (exact) mass is 397 g/mol. The maximum absolute atomic E-state index is 5.65. The Morgan fingerprint density at radius 2 is 1.82 bits per heavy atom. The van der Waals surface area contributed by atoms with Gasteiger partial charge >= 0.3 is 0 Å². The van der Waals surface area contributed by atoms with Crippen molar-refractivity contribution in [3.05, 3.63) is 54.1 Å². The number of nitrogens with zero attached hydrogens (tertiary/aromatic N) is 1. The van der Waals surface area contributed by atoms with E-state index in [1.165, 1.54) is 24.1 Å². The zero-order chi connectivity index (χ0) is 19.9. The van der Waals surface area contributed by atoms with Crippen LogP contribution in [0.1, 0.15) is 45.2 Å². The molecule has 3 rings (SSSR count). The summed E-state index contributed by atoms with van der Waals surface area (Å²) in [6.07, 6.45) is 2.56. The molecule has 2 aromatic rings. The minimum absolute atomic E-state index is 0.120. The molecule has 1 heterocycles. The van der Waals surface area contributed by atoms with Gasteiger partial charge in [-0.15, -0.1) is 0 Å². The number of anilines is 2. The Kier molecular flexibility index (Phi) is 7.15. The Hall–Kier alpha value is -2.27. The molecular weight excluding hydrogens is 366 g/mol. The second-order valence-electron chi connectivity index (χ2n) is 7.51. The van der Waals surface area contributed by atoms with Crippen LogP contribution in [0.3, 0.4) is 0 Å². The number of rotatable bonds is 6. The van der Waals surface area contributed by atoms with Gasteiger partial charge in [-0.05, 0) is 74.7 Å². The van der Waals surface area contributed by atoms with Crippen LogP contribution in [-0.2, 0) is 0 Å². The molecule has 0 spiro atoms. The van der Waals surface area contributed by atoms with Crippen LogP contribution in [0.2, 0.25) is 0 Å². The van der Waals surface area contributed by atoms with Gasteiger partial charge in [-0.2, -0.15) is 0 Å². The summed E-state index contributed by atoms with van der Waals surface area (Å²) in [6.45, 7) is 9.38. The van der Waals surface area contributed by atoms with Gasteiger partial charge in [0.1, 0.15) is 5.75 Å². The van der Waals surface area contributed by atoms with Gasteiger partial charge in [0.05, 0.1) is 18.3 Å². The minimum Gasteiger partial charge on any atom is -0.492 e. The average Bonchev–Trinajstić information content (AvgIpc) is 2.70. The van der Waals surface area contributed by atoms with Gasteiger partial charge in [-0.25, -0.2) is 0 Å². The second kappa shape index (κ2) is 9.78. The molecule has 1 fully saturated rings. The lowest BCUT2D eigenvalue weighted by atomic mass is 9.98. The first-order valence-corrected chi connectivity index (χ1v) is 10.6. The van der Waals surface area contributed by atoms with Crippen LogP contribution in [-0.4, -0.2) is 24.8 Å². The number of hydrogen-bond acceptors (Lipinski definition) is 3. The summed E-state index contributed by atoms with van der Waals surface area (Å²) in [7, 11) is 0. The van der Waals surface area contributed by atoms with E-state index in [9.17, 15) is 0 Å². The van der Waals surface area contributed by atoms with Crippen LogP contribution >= 0.6 is 12.2 Å². The molecule has 1 atom stereocenters. The number of piperidine rings is 1. The van der Waals surface area contributed by atoms with Crippen molar-refractivity contribution in [3.8, 4) is 5.75 Å². The van der Waals surface area contributed by atoms with E-state index in [1.54, 1.807) is 0 Å². The number of thiocarbonyl (C=S) groups is 1. The summed E-state index contributed by atoms with van der Waals surface area (Å²) in [4.78, 5) is 2.48. The summed E-state index contributed by atoms with van der Waals surface area (Å²) >= 11 is 5.51. The lowest BCUT2D eigenvalue weighted by molar-refractivity contribution is 0.342. The van der Waals surface area contributed by atoms with Crippen LogP contribution < -0.4 is 20.3 Å². The molecular formula is C23H31N3OS. The molecule has 0 bridgehead atoms. The highest BCUT2D eigenvalue weighted by atomic mass is 32.1. The van der Waals surface area contributed by atoms with Crippen LogP contribution in [0.25, 0.3) is 0 Å².